The minimum absolute atomic E-state index is 0.0188. The number of benzene rings is 2. The summed E-state index contributed by atoms with van der Waals surface area (Å²) in [5, 5.41) is 3.37. The van der Waals surface area contributed by atoms with Gasteiger partial charge in [0.05, 0.1) is 22.6 Å². The first kappa shape index (κ1) is 26.9. The zero-order chi connectivity index (χ0) is 27.2. The average molecular weight is 554 g/mol. The molecule has 202 valence electrons. The van der Waals surface area contributed by atoms with Crippen LogP contribution in [0.15, 0.2) is 67.0 Å². The molecule has 0 bridgehead atoms. The van der Waals surface area contributed by atoms with E-state index < -0.39 is 40.3 Å². The highest BCUT2D eigenvalue weighted by molar-refractivity contribution is 7.91. The first-order valence-corrected chi connectivity index (χ1v) is 13.8. The maximum Gasteiger partial charge on any atom is 0.228 e. The number of hydrogen-bond acceptors (Lipinski definition) is 7. The minimum atomic E-state index is -1.90. The fraction of sp³-hybridized carbons (Fsp3) is 0.250. The summed E-state index contributed by atoms with van der Waals surface area (Å²) in [4.78, 5) is 13.2. The van der Waals surface area contributed by atoms with Crippen LogP contribution in [0.3, 0.4) is 0 Å². The number of pyridine rings is 1. The lowest BCUT2D eigenvalue weighted by Crippen LogP contribution is -2.31. The molecule has 0 spiro atoms. The van der Waals surface area contributed by atoms with Crippen LogP contribution in [0, 0.1) is 23.4 Å². The van der Waals surface area contributed by atoms with E-state index in [-0.39, 0.29) is 11.6 Å². The van der Waals surface area contributed by atoms with E-state index in [1.165, 1.54) is 6.20 Å². The molecule has 3 heterocycles. The van der Waals surface area contributed by atoms with Gasteiger partial charge in [-0.1, -0.05) is 30.3 Å². The molecule has 1 saturated heterocycles. The number of halogens is 3. The molecular formula is C28H26F3N5O2S. The summed E-state index contributed by atoms with van der Waals surface area (Å²) in [7, 11) is 0. The standard InChI is InChI=1S/C28H26F3N5O2S/c29-21-15-23(25(30)26(31)27(21)36-39(37)17-18-6-2-1-3-7-18)38-28-20(9-5-12-34-28)22-10-13-33-24(35-22)14-19-8-4-11-32-16-19/h1-3,5-7,9-10,12-13,15,19,32,36H,4,8,11,14,16-17H2. The van der Waals surface area contributed by atoms with E-state index in [1.807, 2.05) is 0 Å². The van der Waals surface area contributed by atoms with Crippen molar-refractivity contribution in [3.8, 4) is 22.9 Å². The summed E-state index contributed by atoms with van der Waals surface area (Å²) < 4.78 is 64.9. The summed E-state index contributed by atoms with van der Waals surface area (Å²) in [6, 6.07) is 14.4. The van der Waals surface area contributed by atoms with E-state index in [1.54, 1.807) is 54.7 Å². The van der Waals surface area contributed by atoms with Crippen molar-refractivity contribution in [2.45, 2.75) is 25.0 Å². The molecule has 11 heteroatoms. The molecule has 5 rings (SSSR count). The van der Waals surface area contributed by atoms with Crippen LogP contribution in [0.2, 0.25) is 0 Å². The van der Waals surface area contributed by atoms with E-state index in [0.29, 0.717) is 41.1 Å². The maximum absolute atomic E-state index is 15.0. The van der Waals surface area contributed by atoms with Gasteiger partial charge in [-0.25, -0.2) is 28.5 Å². The van der Waals surface area contributed by atoms with E-state index in [2.05, 4.69) is 25.0 Å². The van der Waals surface area contributed by atoms with Gasteiger partial charge >= 0.3 is 0 Å². The Morgan fingerprint density at radius 2 is 1.87 bits per heavy atom. The highest BCUT2D eigenvalue weighted by Gasteiger charge is 2.25. The number of hydrogen-bond donors (Lipinski definition) is 2. The monoisotopic (exact) mass is 553 g/mol. The number of nitrogens with zero attached hydrogens (tertiary/aromatic N) is 3. The van der Waals surface area contributed by atoms with Crippen molar-refractivity contribution < 1.29 is 22.5 Å². The van der Waals surface area contributed by atoms with Crippen LogP contribution in [0.1, 0.15) is 24.2 Å². The molecule has 39 heavy (non-hydrogen) atoms. The van der Waals surface area contributed by atoms with Crippen molar-refractivity contribution in [1.82, 2.24) is 20.3 Å². The third-order valence-corrected chi connectivity index (χ3v) is 7.34. The van der Waals surface area contributed by atoms with Crippen LogP contribution in [-0.2, 0) is 23.5 Å². The summed E-state index contributed by atoms with van der Waals surface area (Å²) in [6.07, 6.45) is 5.93. The molecule has 2 aromatic carbocycles. The second kappa shape index (κ2) is 12.5. The lowest BCUT2D eigenvalue weighted by atomic mass is 9.96. The number of piperidine rings is 1. The zero-order valence-corrected chi connectivity index (χ0v) is 21.7. The van der Waals surface area contributed by atoms with Crippen LogP contribution >= 0.6 is 0 Å². The molecule has 7 nitrogen and oxygen atoms in total. The first-order chi connectivity index (χ1) is 19.0. The number of nitrogens with one attached hydrogen (secondary N) is 2. The highest BCUT2D eigenvalue weighted by Crippen LogP contribution is 2.35. The quantitative estimate of drug-likeness (QED) is 0.207. The lowest BCUT2D eigenvalue weighted by molar-refractivity contribution is 0.370. The molecular weight excluding hydrogens is 527 g/mol. The molecule has 2 N–H and O–H groups in total. The van der Waals surface area contributed by atoms with Crippen molar-refractivity contribution in [2.24, 2.45) is 5.92 Å². The molecule has 0 radical (unpaired) electrons. The Bertz CT molecular complexity index is 1420. The summed E-state index contributed by atoms with van der Waals surface area (Å²) in [5.41, 5.74) is 0.751. The van der Waals surface area contributed by atoms with Gasteiger partial charge in [0.1, 0.15) is 5.82 Å². The Hall–Kier alpha value is -3.67. The van der Waals surface area contributed by atoms with Crippen molar-refractivity contribution in [3.63, 3.8) is 0 Å². The third-order valence-electron chi connectivity index (χ3n) is 6.31. The number of anilines is 1. The largest absolute Gasteiger partial charge is 0.593 e. The third kappa shape index (κ3) is 6.67. The van der Waals surface area contributed by atoms with Gasteiger partial charge in [-0.05, 0) is 50.0 Å². The predicted molar refractivity (Wildman–Crippen MR) is 143 cm³/mol. The smallest absolute Gasteiger partial charge is 0.228 e. The van der Waals surface area contributed by atoms with Crippen LogP contribution < -0.4 is 14.8 Å². The Morgan fingerprint density at radius 3 is 2.67 bits per heavy atom. The first-order valence-electron chi connectivity index (χ1n) is 12.5. The fourth-order valence-electron chi connectivity index (χ4n) is 4.39. The van der Waals surface area contributed by atoms with Gasteiger partial charge in [0.2, 0.25) is 11.7 Å². The maximum atomic E-state index is 15.0. The molecule has 0 amide bonds. The van der Waals surface area contributed by atoms with Crippen LogP contribution in [0.4, 0.5) is 18.9 Å². The molecule has 1 aliphatic rings. The van der Waals surface area contributed by atoms with Gasteiger partial charge in [-0.2, -0.15) is 4.39 Å². The van der Waals surface area contributed by atoms with Gasteiger partial charge in [0.25, 0.3) is 0 Å². The summed E-state index contributed by atoms with van der Waals surface area (Å²) in [5.74, 6) is -3.87. The second-order valence-corrected chi connectivity index (χ2v) is 10.4. The Morgan fingerprint density at radius 1 is 1.03 bits per heavy atom. The molecule has 1 fully saturated rings. The normalized spacial score (nSPS) is 16.1. The van der Waals surface area contributed by atoms with Gasteiger partial charge in [-0.3, -0.25) is 0 Å². The van der Waals surface area contributed by atoms with Crippen molar-refractivity contribution in [3.05, 3.63) is 95.8 Å². The van der Waals surface area contributed by atoms with Crippen molar-refractivity contribution in [1.29, 1.82) is 0 Å². The molecule has 2 aromatic heterocycles. The molecule has 1 aliphatic heterocycles. The number of aromatic nitrogens is 3. The molecule has 0 saturated carbocycles. The summed E-state index contributed by atoms with van der Waals surface area (Å²) in [6.45, 7) is 1.91. The van der Waals surface area contributed by atoms with E-state index in [0.717, 1.165) is 25.9 Å². The second-order valence-electron chi connectivity index (χ2n) is 9.17. The number of ether oxygens (including phenoxy) is 1. The van der Waals surface area contributed by atoms with E-state index in [4.69, 9.17) is 4.74 Å². The highest BCUT2D eigenvalue weighted by atomic mass is 32.2. The SMILES string of the molecule is [O-][S+](Cc1ccccc1)Nc1c(F)cc(Oc2ncccc2-c2ccnc(CC3CCCNC3)n2)c(F)c1F. The van der Waals surface area contributed by atoms with E-state index >= 15 is 0 Å². The minimum Gasteiger partial charge on any atom is -0.593 e. The lowest BCUT2D eigenvalue weighted by Gasteiger charge is -2.22. The predicted octanol–water partition coefficient (Wildman–Crippen LogP) is 5.57. The van der Waals surface area contributed by atoms with Gasteiger partial charge in [0, 0.05) is 30.4 Å². The number of rotatable bonds is 9. The Labute approximate surface area is 227 Å². The molecule has 4 aromatic rings. The summed E-state index contributed by atoms with van der Waals surface area (Å²) >= 11 is -1.90. The topological polar surface area (TPSA) is 95.0 Å². The zero-order valence-electron chi connectivity index (χ0n) is 20.9. The van der Waals surface area contributed by atoms with Crippen molar-refractivity contribution >= 4 is 17.0 Å². The Kier molecular flexibility index (Phi) is 8.60. The van der Waals surface area contributed by atoms with Gasteiger partial charge in [0.15, 0.2) is 28.8 Å². The van der Waals surface area contributed by atoms with Crippen LogP contribution in [-0.4, -0.2) is 32.6 Å². The molecule has 2 atom stereocenters. The average Bonchev–Trinajstić information content (AvgIpc) is 2.95. The van der Waals surface area contributed by atoms with E-state index in [9.17, 15) is 17.7 Å². The van der Waals surface area contributed by atoms with Crippen molar-refractivity contribution in [2.75, 3.05) is 17.8 Å². The Balaban J connectivity index is 1.36. The van der Waals surface area contributed by atoms with Gasteiger partial charge < -0.3 is 14.6 Å². The van der Waals surface area contributed by atoms with Gasteiger partial charge in [-0.15, -0.1) is 0 Å². The van der Waals surface area contributed by atoms with Crippen LogP contribution in [0.5, 0.6) is 11.6 Å². The molecule has 0 aliphatic carbocycles. The molecule has 2 unspecified atom stereocenters. The van der Waals surface area contributed by atoms with Crippen LogP contribution in [0.25, 0.3) is 11.3 Å². The fourth-order valence-corrected chi connectivity index (χ4v) is 5.37.